The van der Waals surface area contributed by atoms with Crippen molar-refractivity contribution in [2.24, 2.45) is 0 Å². The van der Waals surface area contributed by atoms with E-state index in [2.05, 4.69) is 0 Å². The second-order valence-electron chi connectivity index (χ2n) is 2.99. The summed E-state index contributed by atoms with van der Waals surface area (Å²) >= 11 is 0. The monoisotopic (exact) mass is 254 g/mol. The largest absolute Gasteiger partial charge is 0.462 e. The maximum atomic E-state index is 11.5. The van der Waals surface area contributed by atoms with Crippen molar-refractivity contribution in [3.05, 3.63) is 35.4 Å². The molecule has 0 saturated heterocycles. The molecule has 0 aliphatic rings. The number of ether oxygens (including phenoxy) is 2. The lowest BCUT2D eigenvalue weighted by atomic mass is 10.1. The van der Waals surface area contributed by atoms with Gasteiger partial charge >= 0.3 is 11.9 Å². The van der Waals surface area contributed by atoms with E-state index in [9.17, 15) is 9.59 Å². The van der Waals surface area contributed by atoms with E-state index in [-0.39, 0.29) is 24.3 Å². The number of carbonyl (C=O) groups is 2. The molecule has 0 spiro atoms. The van der Waals surface area contributed by atoms with Crippen molar-refractivity contribution in [2.75, 3.05) is 20.3 Å². The van der Waals surface area contributed by atoms with Gasteiger partial charge in [0.2, 0.25) is 0 Å². The molecule has 0 unspecified atom stereocenters. The van der Waals surface area contributed by atoms with Crippen LogP contribution in [0.3, 0.4) is 0 Å². The Hall–Kier alpha value is -1.88. The molecule has 0 atom stereocenters. The number of esters is 2. The number of benzene rings is 1. The van der Waals surface area contributed by atoms with Crippen LogP contribution in [0, 0.1) is 0 Å². The Labute approximate surface area is 106 Å². The summed E-state index contributed by atoms with van der Waals surface area (Å²) in [6, 6.07) is 6.44. The molecule has 5 heteroatoms. The summed E-state index contributed by atoms with van der Waals surface area (Å²) < 4.78 is 9.70. The third-order valence-electron chi connectivity index (χ3n) is 1.92. The van der Waals surface area contributed by atoms with E-state index in [1.165, 1.54) is 0 Å². The van der Waals surface area contributed by atoms with Crippen molar-refractivity contribution in [1.29, 1.82) is 0 Å². The maximum absolute atomic E-state index is 11.5. The van der Waals surface area contributed by atoms with Crippen LogP contribution in [0.25, 0.3) is 0 Å². The summed E-state index contributed by atoms with van der Waals surface area (Å²) in [7, 11) is 1.00. The topological polar surface area (TPSA) is 72.8 Å². The van der Waals surface area contributed by atoms with Gasteiger partial charge in [-0.2, -0.15) is 0 Å². The van der Waals surface area contributed by atoms with Gasteiger partial charge in [-0.05, 0) is 26.0 Å². The number of hydrogen-bond donors (Lipinski definition) is 1. The molecule has 1 N–H and O–H groups in total. The molecule has 0 aliphatic heterocycles. The van der Waals surface area contributed by atoms with Gasteiger partial charge in [-0.25, -0.2) is 9.59 Å². The molecule has 0 saturated carbocycles. The van der Waals surface area contributed by atoms with Gasteiger partial charge in [-0.3, -0.25) is 0 Å². The fourth-order valence-electron chi connectivity index (χ4n) is 1.26. The minimum atomic E-state index is -0.508. The van der Waals surface area contributed by atoms with Gasteiger partial charge in [0.05, 0.1) is 24.3 Å². The van der Waals surface area contributed by atoms with E-state index >= 15 is 0 Å². The van der Waals surface area contributed by atoms with Crippen LogP contribution in [-0.4, -0.2) is 37.4 Å². The molecular formula is C13H18O5. The second-order valence-corrected chi connectivity index (χ2v) is 2.99. The Balaban J connectivity index is 0.00000137. The Morgan fingerprint density at radius 2 is 1.28 bits per heavy atom. The van der Waals surface area contributed by atoms with Crippen molar-refractivity contribution in [3.8, 4) is 0 Å². The van der Waals surface area contributed by atoms with Crippen molar-refractivity contribution in [3.63, 3.8) is 0 Å². The zero-order chi connectivity index (χ0) is 14.0. The highest BCUT2D eigenvalue weighted by atomic mass is 16.5. The SMILES string of the molecule is CCOC(=O)c1ccccc1C(=O)OCC.CO. The van der Waals surface area contributed by atoms with E-state index < -0.39 is 11.9 Å². The molecule has 18 heavy (non-hydrogen) atoms. The number of rotatable bonds is 4. The molecule has 1 aromatic carbocycles. The normalized spacial score (nSPS) is 8.89. The summed E-state index contributed by atoms with van der Waals surface area (Å²) in [5, 5.41) is 7.00. The van der Waals surface area contributed by atoms with Crippen LogP contribution in [0.1, 0.15) is 34.6 Å². The summed E-state index contributed by atoms with van der Waals surface area (Å²) in [5.41, 5.74) is 0.477. The first-order chi connectivity index (χ1) is 8.70. The third kappa shape index (κ3) is 4.55. The van der Waals surface area contributed by atoms with E-state index in [1.54, 1.807) is 38.1 Å². The van der Waals surface area contributed by atoms with Crippen LogP contribution in [0.5, 0.6) is 0 Å². The predicted molar refractivity (Wildman–Crippen MR) is 66.5 cm³/mol. The van der Waals surface area contributed by atoms with Crippen molar-refractivity contribution in [2.45, 2.75) is 13.8 Å². The summed E-state index contributed by atoms with van der Waals surface area (Å²) in [6.45, 7) is 3.97. The molecule has 100 valence electrons. The average molecular weight is 254 g/mol. The van der Waals surface area contributed by atoms with Gasteiger partial charge in [0.1, 0.15) is 0 Å². The molecule has 0 fully saturated rings. The fraction of sp³-hybridized carbons (Fsp3) is 0.385. The minimum Gasteiger partial charge on any atom is -0.462 e. The highest BCUT2D eigenvalue weighted by Gasteiger charge is 2.17. The van der Waals surface area contributed by atoms with Crippen molar-refractivity contribution >= 4 is 11.9 Å². The van der Waals surface area contributed by atoms with Crippen LogP contribution in [0.2, 0.25) is 0 Å². The number of aliphatic hydroxyl groups is 1. The first-order valence-corrected chi connectivity index (χ1v) is 5.58. The molecule has 5 nitrogen and oxygen atoms in total. The third-order valence-corrected chi connectivity index (χ3v) is 1.92. The number of hydrogen-bond acceptors (Lipinski definition) is 5. The quantitative estimate of drug-likeness (QED) is 0.827. The van der Waals surface area contributed by atoms with Gasteiger partial charge in [0.15, 0.2) is 0 Å². The zero-order valence-electron chi connectivity index (χ0n) is 10.8. The molecule has 0 radical (unpaired) electrons. The molecule has 0 amide bonds. The first kappa shape index (κ1) is 16.1. The van der Waals surface area contributed by atoms with E-state index in [0.29, 0.717) is 0 Å². The molecule has 0 heterocycles. The van der Waals surface area contributed by atoms with Gasteiger partial charge in [0, 0.05) is 7.11 Å². The highest BCUT2D eigenvalue weighted by molar-refractivity contribution is 6.03. The number of aliphatic hydroxyl groups excluding tert-OH is 1. The lowest BCUT2D eigenvalue weighted by Gasteiger charge is -2.07. The number of carbonyl (C=O) groups excluding carboxylic acids is 2. The first-order valence-electron chi connectivity index (χ1n) is 5.58. The van der Waals surface area contributed by atoms with Crippen LogP contribution < -0.4 is 0 Å². The molecule has 1 rings (SSSR count). The van der Waals surface area contributed by atoms with Gasteiger partial charge in [-0.1, -0.05) is 12.1 Å². The van der Waals surface area contributed by atoms with Gasteiger partial charge in [0.25, 0.3) is 0 Å². The molecule has 0 bridgehead atoms. The van der Waals surface area contributed by atoms with E-state index in [0.717, 1.165) is 7.11 Å². The molecule has 1 aromatic rings. The van der Waals surface area contributed by atoms with Gasteiger partial charge < -0.3 is 14.6 Å². The predicted octanol–water partition coefficient (Wildman–Crippen LogP) is 1.65. The second kappa shape index (κ2) is 9.18. The smallest absolute Gasteiger partial charge is 0.338 e. The Bertz CT molecular complexity index is 350. The van der Waals surface area contributed by atoms with Crippen molar-refractivity contribution in [1.82, 2.24) is 0 Å². The van der Waals surface area contributed by atoms with Crippen LogP contribution in [-0.2, 0) is 9.47 Å². The standard InChI is InChI=1S/C12H14O4.CH4O/c1-3-15-11(13)9-7-5-6-8-10(9)12(14)16-4-2;1-2/h5-8H,3-4H2,1-2H3;2H,1H3. The van der Waals surface area contributed by atoms with Crippen LogP contribution in [0.15, 0.2) is 24.3 Å². The summed E-state index contributed by atoms with van der Waals surface area (Å²) in [4.78, 5) is 23.1. The average Bonchev–Trinajstić information content (AvgIpc) is 2.41. The molecule has 0 aliphatic carbocycles. The van der Waals surface area contributed by atoms with Crippen LogP contribution in [0.4, 0.5) is 0 Å². The fourth-order valence-corrected chi connectivity index (χ4v) is 1.26. The maximum Gasteiger partial charge on any atom is 0.338 e. The Morgan fingerprint density at radius 1 is 0.944 bits per heavy atom. The molecular weight excluding hydrogens is 236 g/mol. The van der Waals surface area contributed by atoms with E-state index in [1.807, 2.05) is 0 Å². The Morgan fingerprint density at radius 3 is 1.56 bits per heavy atom. The summed E-state index contributed by atoms with van der Waals surface area (Å²) in [5.74, 6) is -1.02. The van der Waals surface area contributed by atoms with Crippen LogP contribution >= 0.6 is 0 Å². The van der Waals surface area contributed by atoms with Crippen molar-refractivity contribution < 1.29 is 24.2 Å². The van der Waals surface area contributed by atoms with E-state index in [4.69, 9.17) is 14.6 Å². The summed E-state index contributed by atoms with van der Waals surface area (Å²) in [6.07, 6.45) is 0. The molecule has 0 aromatic heterocycles. The minimum absolute atomic E-state index is 0.239. The highest BCUT2D eigenvalue weighted by Crippen LogP contribution is 2.11. The lowest BCUT2D eigenvalue weighted by Crippen LogP contribution is -2.13. The van der Waals surface area contributed by atoms with Gasteiger partial charge in [-0.15, -0.1) is 0 Å². The lowest BCUT2D eigenvalue weighted by molar-refractivity contribution is 0.0479. The Kier molecular flexibility index (Phi) is 8.22. The zero-order valence-corrected chi connectivity index (χ0v) is 10.8.